The highest BCUT2D eigenvalue weighted by Gasteiger charge is 2.14. The Balaban J connectivity index is 2.48. The van der Waals surface area contributed by atoms with Gasteiger partial charge in [-0.25, -0.2) is 10.5 Å². The predicted octanol–water partition coefficient (Wildman–Crippen LogP) is 1.40. The molecular weight excluding hydrogens is 228 g/mol. The van der Waals surface area contributed by atoms with Crippen molar-refractivity contribution in [2.45, 2.75) is 20.8 Å². The number of carbonyl (C=O) groups excluding carboxylic acids is 1. The van der Waals surface area contributed by atoms with Crippen LogP contribution in [0.2, 0.25) is 0 Å². The Morgan fingerprint density at radius 3 is 2.61 bits per heavy atom. The van der Waals surface area contributed by atoms with Crippen LogP contribution in [0.4, 0.5) is 0 Å². The van der Waals surface area contributed by atoms with Crippen LogP contribution in [-0.4, -0.2) is 15.7 Å². The third-order valence-electron chi connectivity index (χ3n) is 3.12. The van der Waals surface area contributed by atoms with Crippen LogP contribution in [0.25, 0.3) is 5.69 Å². The molecule has 0 aliphatic rings. The van der Waals surface area contributed by atoms with Gasteiger partial charge in [0, 0.05) is 0 Å². The SMILES string of the molecule is Cc1ccc(-n2ncc(C(=O)NN)c2C)cc1C. The molecule has 0 bridgehead atoms. The molecule has 5 heteroatoms. The van der Waals surface area contributed by atoms with E-state index in [4.69, 9.17) is 5.84 Å². The Hall–Kier alpha value is -2.14. The number of hydrogen-bond acceptors (Lipinski definition) is 3. The van der Waals surface area contributed by atoms with Crippen LogP contribution in [-0.2, 0) is 0 Å². The number of aryl methyl sites for hydroxylation is 2. The van der Waals surface area contributed by atoms with Crippen LogP contribution in [0.5, 0.6) is 0 Å². The first kappa shape index (κ1) is 12.3. The van der Waals surface area contributed by atoms with Gasteiger partial charge in [-0.15, -0.1) is 0 Å². The minimum absolute atomic E-state index is 0.331. The lowest BCUT2D eigenvalue weighted by Gasteiger charge is -2.07. The Morgan fingerprint density at radius 1 is 1.28 bits per heavy atom. The van der Waals surface area contributed by atoms with E-state index in [1.807, 2.05) is 32.0 Å². The largest absolute Gasteiger partial charge is 0.290 e. The number of nitrogens with two attached hydrogens (primary N) is 1. The number of nitrogens with zero attached hydrogens (tertiary/aromatic N) is 2. The third-order valence-corrected chi connectivity index (χ3v) is 3.12. The first-order valence-electron chi connectivity index (χ1n) is 5.67. The van der Waals surface area contributed by atoms with E-state index in [0.717, 1.165) is 11.4 Å². The molecule has 0 radical (unpaired) electrons. The molecule has 2 rings (SSSR count). The first-order chi connectivity index (χ1) is 8.54. The minimum atomic E-state index is -0.331. The van der Waals surface area contributed by atoms with E-state index in [1.165, 1.54) is 17.3 Å². The average Bonchev–Trinajstić information content (AvgIpc) is 2.74. The van der Waals surface area contributed by atoms with Gasteiger partial charge < -0.3 is 0 Å². The molecule has 0 aliphatic heterocycles. The van der Waals surface area contributed by atoms with Crippen molar-refractivity contribution in [1.82, 2.24) is 15.2 Å². The summed E-state index contributed by atoms with van der Waals surface area (Å²) in [5.74, 6) is 4.80. The molecule has 0 saturated heterocycles. The molecule has 0 saturated carbocycles. The van der Waals surface area contributed by atoms with Gasteiger partial charge >= 0.3 is 0 Å². The molecular formula is C13H16N4O. The number of nitrogen functional groups attached to an aromatic ring is 1. The van der Waals surface area contributed by atoms with Crippen LogP contribution in [0.15, 0.2) is 24.4 Å². The number of amides is 1. The first-order valence-corrected chi connectivity index (χ1v) is 5.67. The number of rotatable bonds is 2. The van der Waals surface area contributed by atoms with Gasteiger partial charge in [-0.2, -0.15) is 5.10 Å². The lowest BCUT2D eigenvalue weighted by Crippen LogP contribution is -2.30. The molecule has 3 N–H and O–H groups in total. The van der Waals surface area contributed by atoms with Crippen molar-refractivity contribution in [3.8, 4) is 5.69 Å². The van der Waals surface area contributed by atoms with Gasteiger partial charge in [0.05, 0.1) is 23.1 Å². The molecule has 18 heavy (non-hydrogen) atoms. The summed E-state index contributed by atoms with van der Waals surface area (Å²) in [5.41, 5.74) is 6.71. The highest BCUT2D eigenvalue weighted by Crippen LogP contribution is 2.17. The molecule has 1 aromatic heterocycles. The van der Waals surface area contributed by atoms with Crippen molar-refractivity contribution in [3.63, 3.8) is 0 Å². The summed E-state index contributed by atoms with van der Waals surface area (Å²) in [6.07, 6.45) is 1.52. The van der Waals surface area contributed by atoms with Crippen molar-refractivity contribution in [3.05, 3.63) is 46.8 Å². The summed E-state index contributed by atoms with van der Waals surface area (Å²) in [6, 6.07) is 6.06. The zero-order chi connectivity index (χ0) is 13.3. The number of benzene rings is 1. The van der Waals surface area contributed by atoms with Gasteiger partial charge in [-0.05, 0) is 44.0 Å². The molecule has 0 unspecified atom stereocenters. The zero-order valence-electron chi connectivity index (χ0n) is 10.7. The Kier molecular flexibility index (Phi) is 3.16. The molecule has 1 amide bonds. The fourth-order valence-corrected chi connectivity index (χ4v) is 1.83. The van der Waals surface area contributed by atoms with Crippen molar-refractivity contribution in [2.75, 3.05) is 0 Å². The Bertz CT molecular complexity index is 601. The fraction of sp³-hybridized carbons (Fsp3) is 0.231. The summed E-state index contributed by atoms with van der Waals surface area (Å²) in [7, 11) is 0. The second-order valence-electron chi connectivity index (χ2n) is 4.30. The smallest absolute Gasteiger partial charge is 0.268 e. The van der Waals surface area contributed by atoms with Crippen molar-refractivity contribution in [2.24, 2.45) is 5.84 Å². The molecule has 94 valence electrons. The van der Waals surface area contributed by atoms with Crippen molar-refractivity contribution >= 4 is 5.91 Å². The van der Waals surface area contributed by atoms with Gasteiger partial charge in [-0.1, -0.05) is 6.07 Å². The van der Waals surface area contributed by atoms with E-state index in [-0.39, 0.29) is 5.91 Å². The second kappa shape index (κ2) is 4.62. The third kappa shape index (κ3) is 2.00. The van der Waals surface area contributed by atoms with E-state index < -0.39 is 0 Å². The van der Waals surface area contributed by atoms with Crippen molar-refractivity contribution in [1.29, 1.82) is 0 Å². The maximum atomic E-state index is 11.5. The van der Waals surface area contributed by atoms with E-state index >= 15 is 0 Å². The maximum Gasteiger partial charge on any atom is 0.268 e. The summed E-state index contributed by atoms with van der Waals surface area (Å²) in [4.78, 5) is 11.5. The maximum absolute atomic E-state index is 11.5. The zero-order valence-corrected chi connectivity index (χ0v) is 10.7. The lowest BCUT2D eigenvalue weighted by molar-refractivity contribution is 0.0953. The molecule has 1 heterocycles. The molecule has 0 aliphatic carbocycles. The van der Waals surface area contributed by atoms with Crippen LogP contribution in [0, 0.1) is 20.8 Å². The quantitative estimate of drug-likeness (QED) is 0.476. The van der Waals surface area contributed by atoms with E-state index in [9.17, 15) is 4.79 Å². The fourth-order valence-electron chi connectivity index (χ4n) is 1.83. The number of nitrogens with one attached hydrogen (secondary N) is 1. The Labute approximate surface area is 106 Å². The molecule has 0 atom stereocenters. The summed E-state index contributed by atoms with van der Waals surface area (Å²) in [6.45, 7) is 5.94. The number of hydrazine groups is 1. The summed E-state index contributed by atoms with van der Waals surface area (Å²) < 4.78 is 1.73. The van der Waals surface area contributed by atoms with Crippen LogP contribution < -0.4 is 11.3 Å². The van der Waals surface area contributed by atoms with Crippen LogP contribution >= 0.6 is 0 Å². The Morgan fingerprint density at radius 2 is 2.00 bits per heavy atom. The van der Waals surface area contributed by atoms with Gasteiger partial charge in [0.1, 0.15) is 0 Å². The molecule has 0 fully saturated rings. The minimum Gasteiger partial charge on any atom is -0.290 e. The monoisotopic (exact) mass is 244 g/mol. The van der Waals surface area contributed by atoms with Gasteiger partial charge in [0.2, 0.25) is 0 Å². The predicted molar refractivity (Wildman–Crippen MR) is 69.4 cm³/mol. The van der Waals surface area contributed by atoms with Crippen LogP contribution in [0.1, 0.15) is 27.2 Å². The lowest BCUT2D eigenvalue weighted by atomic mass is 10.1. The van der Waals surface area contributed by atoms with Crippen molar-refractivity contribution < 1.29 is 4.79 Å². The number of aromatic nitrogens is 2. The van der Waals surface area contributed by atoms with Gasteiger partial charge in [-0.3, -0.25) is 10.2 Å². The topological polar surface area (TPSA) is 72.9 Å². The molecule has 2 aromatic rings. The summed E-state index contributed by atoms with van der Waals surface area (Å²) in [5, 5.41) is 4.23. The average molecular weight is 244 g/mol. The van der Waals surface area contributed by atoms with E-state index in [0.29, 0.717) is 5.56 Å². The standard InChI is InChI=1S/C13H16N4O/c1-8-4-5-11(6-9(8)2)17-10(3)12(7-15-17)13(18)16-14/h4-7H,14H2,1-3H3,(H,16,18). The highest BCUT2D eigenvalue weighted by molar-refractivity contribution is 5.94. The normalized spacial score (nSPS) is 10.4. The number of hydrogen-bond donors (Lipinski definition) is 2. The number of carbonyl (C=O) groups is 1. The van der Waals surface area contributed by atoms with Gasteiger partial charge in [0.15, 0.2) is 0 Å². The second-order valence-corrected chi connectivity index (χ2v) is 4.30. The van der Waals surface area contributed by atoms with E-state index in [1.54, 1.807) is 4.68 Å². The van der Waals surface area contributed by atoms with Gasteiger partial charge in [0.25, 0.3) is 5.91 Å². The van der Waals surface area contributed by atoms with Crippen LogP contribution in [0.3, 0.4) is 0 Å². The van der Waals surface area contributed by atoms with E-state index in [2.05, 4.69) is 17.4 Å². The molecule has 0 spiro atoms. The summed E-state index contributed by atoms with van der Waals surface area (Å²) >= 11 is 0. The molecule has 1 aromatic carbocycles. The molecule has 5 nitrogen and oxygen atoms in total. The highest BCUT2D eigenvalue weighted by atomic mass is 16.2.